The van der Waals surface area contributed by atoms with E-state index in [1.165, 1.54) is 5.56 Å². The van der Waals surface area contributed by atoms with Crippen molar-refractivity contribution in [3.05, 3.63) is 77.2 Å². The number of amides is 1. The van der Waals surface area contributed by atoms with Crippen LogP contribution in [0.25, 0.3) is 0 Å². The zero-order chi connectivity index (χ0) is 21.8. The van der Waals surface area contributed by atoms with Crippen molar-refractivity contribution >= 4 is 5.91 Å². The summed E-state index contributed by atoms with van der Waals surface area (Å²) in [5.74, 6) is 1.52. The Morgan fingerprint density at radius 1 is 1.13 bits per heavy atom. The molecule has 0 aliphatic carbocycles. The van der Waals surface area contributed by atoms with Gasteiger partial charge >= 0.3 is 0 Å². The minimum Gasteiger partial charge on any atom is -0.497 e. The number of rotatable bonds is 7. The van der Waals surface area contributed by atoms with Crippen LogP contribution in [0.15, 0.2) is 59.1 Å². The van der Waals surface area contributed by atoms with Gasteiger partial charge in [-0.05, 0) is 30.7 Å². The fourth-order valence-electron chi connectivity index (χ4n) is 4.16. The van der Waals surface area contributed by atoms with Crippen molar-refractivity contribution in [2.75, 3.05) is 27.3 Å². The first-order chi connectivity index (χ1) is 15.1. The Kier molecular flexibility index (Phi) is 6.23. The summed E-state index contributed by atoms with van der Waals surface area (Å²) in [4.78, 5) is 15.2. The molecule has 1 aliphatic rings. The third-order valence-corrected chi connectivity index (χ3v) is 5.65. The number of methoxy groups -OCH3 is 2. The number of carbonyl (C=O) groups excluding carboxylic acids is 1. The molecule has 1 aromatic heterocycles. The van der Waals surface area contributed by atoms with E-state index in [0.717, 1.165) is 30.2 Å². The highest BCUT2D eigenvalue weighted by Crippen LogP contribution is 2.37. The Morgan fingerprint density at radius 2 is 1.94 bits per heavy atom. The predicted molar refractivity (Wildman–Crippen MR) is 117 cm³/mol. The fourth-order valence-corrected chi connectivity index (χ4v) is 4.16. The summed E-state index contributed by atoms with van der Waals surface area (Å²) in [6, 6.07) is 17.6. The number of aromatic nitrogens is 1. The van der Waals surface area contributed by atoms with Crippen LogP contribution in [0.1, 0.15) is 33.3 Å². The molecule has 31 heavy (non-hydrogen) atoms. The second kappa shape index (κ2) is 9.22. The molecule has 1 saturated heterocycles. The number of hydrogen-bond donors (Lipinski definition) is 1. The standard InChI is InChI=1S/C24H27N3O4/c1-16-11-23(31-26-16)24(28)25-21-15-27(13-17-7-5-4-6-8-17)14-20(21)19-12-18(29-2)9-10-22(19)30-3/h4-12,20-21H,13-15H2,1-3H3,(H,25,28)/t20-,21+/m0/s1. The smallest absolute Gasteiger partial charge is 0.290 e. The third-order valence-electron chi connectivity index (χ3n) is 5.65. The molecule has 1 amide bonds. The number of hydrogen-bond acceptors (Lipinski definition) is 6. The predicted octanol–water partition coefficient (Wildman–Crippen LogP) is 3.40. The monoisotopic (exact) mass is 421 g/mol. The first-order valence-corrected chi connectivity index (χ1v) is 10.3. The minimum absolute atomic E-state index is 0.0294. The van der Waals surface area contributed by atoms with Crippen molar-refractivity contribution in [2.45, 2.75) is 25.4 Å². The molecule has 4 rings (SSSR count). The van der Waals surface area contributed by atoms with E-state index in [1.807, 2.05) is 36.4 Å². The minimum atomic E-state index is -0.265. The van der Waals surface area contributed by atoms with E-state index >= 15 is 0 Å². The molecule has 0 spiro atoms. The van der Waals surface area contributed by atoms with E-state index in [-0.39, 0.29) is 23.6 Å². The fraction of sp³-hybridized carbons (Fsp3) is 0.333. The summed E-state index contributed by atoms with van der Waals surface area (Å²) < 4.78 is 16.2. The van der Waals surface area contributed by atoms with Crippen molar-refractivity contribution in [3.8, 4) is 11.5 Å². The van der Waals surface area contributed by atoms with Gasteiger partial charge in [0.25, 0.3) is 5.91 Å². The second-order valence-electron chi connectivity index (χ2n) is 7.81. The summed E-state index contributed by atoms with van der Waals surface area (Å²) >= 11 is 0. The Morgan fingerprint density at radius 3 is 2.61 bits per heavy atom. The zero-order valence-corrected chi connectivity index (χ0v) is 18.0. The number of likely N-dealkylation sites (tertiary alicyclic amines) is 1. The largest absolute Gasteiger partial charge is 0.497 e. The molecule has 2 atom stereocenters. The average Bonchev–Trinajstić information content (AvgIpc) is 3.40. The van der Waals surface area contributed by atoms with E-state index in [0.29, 0.717) is 12.2 Å². The number of ether oxygens (including phenoxy) is 2. The van der Waals surface area contributed by atoms with Crippen LogP contribution in [0.2, 0.25) is 0 Å². The highest BCUT2D eigenvalue weighted by molar-refractivity contribution is 5.91. The van der Waals surface area contributed by atoms with Crippen molar-refractivity contribution in [3.63, 3.8) is 0 Å². The van der Waals surface area contributed by atoms with Crippen LogP contribution in [-0.2, 0) is 6.54 Å². The molecule has 2 heterocycles. The number of nitrogens with zero attached hydrogens (tertiary/aromatic N) is 2. The van der Waals surface area contributed by atoms with Crippen LogP contribution in [0.4, 0.5) is 0 Å². The van der Waals surface area contributed by atoms with Gasteiger partial charge < -0.3 is 19.3 Å². The normalized spacial score (nSPS) is 18.7. The summed E-state index contributed by atoms with van der Waals surface area (Å²) in [6.07, 6.45) is 0. The lowest BCUT2D eigenvalue weighted by atomic mass is 9.93. The van der Waals surface area contributed by atoms with Gasteiger partial charge in [0.2, 0.25) is 5.76 Å². The van der Waals surface area contributed by atoms with Crippen LogP contribution >= 0.6 is 0 Å². The van der Waals surface area contributed by atoms with Gasteiger partial charge in [-0.15, -0.1) is 0 Å². The summed E-state index contributed by atoms with van der Waals surface area (Å²) in [5.41, 5.74) is 2.92. The molecule has 1 N–H and O–H groups in total. The van der Waals surface area contributed by atoms with Crippen molar-refractivity contribution in [1.29, 1.82) is 0 Å². The summed E-state index contributed by atoms with van der Waals surface area (Å²) in [5, 5.41) is 6.98. The molecule has 0 saturated carbocycles. The lowest BCUT2D eigenvalue weighted by Gasteiger charge is -2.22. The van der Waals surface area contributed by atoms with Crippen LogP contribution in [0, 0.1) is 6.92 Å². The maximum atomic E-state index is 12.8. The Balaban J connectivity index is 1.61. The van der Waals surface area contributed by atoms with Crippen LogP contribution < -0.4 is 14.8 Å². The highest BCUT2D eigenvalue weighted by Gasteiger charge is 2.37. The lowest BCUT2D eigenvalue weighted by Crippen LogP contribution is -2.39. The molecule has 7 heteroatoms. The van der Waals surface area contributed by atoms with Crippen LogP contribution in [-0.4, -0.2) is 49.3 Å². The van der Waals surface area contributed by atoms with Gasteiger partial charge in [-0.3, -0.25) is 9.69 Å². The van der Waals surface area contributed by atoms with E-state index in [9.17, 15) is 4.79 Å². The summed E-state index contributed by atoms with van der Waals surface area (Å²) in [7, 11) is 3.31. The van der Waals surface area contributed by atoms with Gasteiger partial charge in [0.15, 0.2) is 0 Å². The van der Waals surface area contributed by atoms with Gasteiger partial charge in [0.1, 0.15) is 11.5 Å². The SMILES string of the molecule is COc1ccc(OC)c([C@@H]2CN(Cc3ccccc3)C[C@H]2NC(=O)c2cc(C)no2)c1. The van der Waals surface area contributed by atoms with Crippen LogP contribution in [0.5, 0.6) is 11.5 Å². The lowest BCUT2D eigenvalue weighted by molar-refractivity contribution is 0.0897. The molecule has 0 unspecified atom stereocenters. The van der Waals surface area contributed by atoms with Gasteiger partial charge in [-0.2, -0.15) is 0 Å². The number of benzene rings is 2. The maximum Gasteiger partial charge on any atom is 0.290 e. The van der Waals surface area contributed by atoms with Gasteiger partial charge in [0.05, 0.1) is 26.0 Å². The number of nitrogens with one attached hydrogen (secondary N) is 1. The van der Waals surface area contributed by atoms with E-state index in [4.69, 9.17) is 14.0 Å². The molecule has 1 aliphatic heterocycles. The van der Waals surface area contributed by atoms with Gasteiger partial charge in [0, 0.05) is 37.2 Å². The van der Waals surface area contributed by atoms with Crippen molar-refractivity contribution < 1.29 is 18.8 Å². The zero-order valence-electron chi connectivity index (χ0n) is 18.0. The van der Waals surface area contributed by atoms with Gasteiger partial charge in [-0.1, -0.05) is 35.5 Å². The van der Waals surface area contributed by atoms with Crippen molar-refractivity contribution in [1.82, 2.24) is 15.4 Å². The molecule has 2 aromatic carbocycles. The topological polar surface area (TPSA) is 76.8 Å². The average molecular weight is 421 g/mol. The van der Waals surface area contributed by atoms with E-state index < -0.39 is 0 Å². The second-order valence-corrected chi connectivity index (χ2v) is 7.81. The van der Waals surface area contributed by atoms with E-state index in [1.54, 1.807) is 27.2 Å². The number of aryl methyl sites for hydroxylation is 1. The molecule has 3 aromatic rings. The Bertz CT molecular complexity index is 1030. The number of carbonyl (C=O) groups is 1. The maximum absolute atomic E-state index is 12.8. The molecular formula is C24H27N3O4. The Labute approximate surface area is 181 Å². The molecule has 162 valence electrons. The molecule has 0 bridgehead atoms. The van der Waals surface area contributed by atoms with Gasteiger partial charge in [-0.25, -0.2) is 0 Å². The third kappa shape index (κ3) is 4.72. The highest BCUT2D eigenvalue weighted by atomic mass is 16.5. The van der Waals surface area contributed by atoms with Crippen molar-refractivity contribution in [2.24, 2.45) is 0 Å². The molecular weight excluding hydrogens is 394 g/mol. The molecule has 0 radical (unpaired) electrons. The quantitative estimate of drug-likeness (QED) is 0.630. The molecule has 1 fully saturated rings. The summed E-state index contributed by atoms with van der Waals surface area (Å²) in [6.45, 7) is 4.08. The Hall–Kier alpha value is -3.32. The first kappa shape index (κ1) is 20.9. The van der Waals surface area contributed by atoms with E-state index in [2.05, 4.69) is 27.5 Å². The first-order valence-electron chi connectivity index (χ1n) is 10.3. The van der Waals surface area contributed by atoms with Crippen LogP contribution in [0.3, 0.4) is 0 Å². The molecule has 7 nitrogen and oxygen atoms in total.